The summed E-state index contributed by atoms with van der Waals surface area (Å²) in [6.45, 7) is 1.80. The number of ether oxygens (including phenoxy) is 1. The highest BCUT2D eigenvalue weighted by molar-refractivity contribution is 5.73. The van der Waals surface area contributed by atoms with Crippen LogP contribution >= 0.6 is 0 Å². The minimum atomic E-state index is -0.955. The van der Waals surface area contributed by atoms with Gasteiger partial charge in [-0.05, 0) is 14.0 Å². The molecular formula is C7H15NO4. The number of likely N-dealkylation sites (N-methyl/N-ethyl adjacent to an activating group) is 1. The van der Waals surface area contributed by atoms with Crippen LogP contribution in [0.3, 0.4) is 0 Å². The molecule has 12 heavy (non-hydrogen) atoms. The summed E-state index contributed by atoms with van der Waals surface area (Å²) in [4.78, 5) is 10.4. The zero-order valence-corrected chi connectivity index (χ0v) is 7.28. The molecular weight excluding hydrogens is 162 g/mol. The van der Waals surface area contributed by atoms with E-state index in [4.69, 9.17) is 14.9 Å². The Morgan fingerprint density at radius 3 is 2.50 bits per heavy atom. The largest absolute Gasteiger partial charge is 0.480 e. The number of aliphatic carboxylic acids is 1. The molecule has 0 saturated heterocycles. The van der Waals surface area contributed by atoms with Crippen molar-refractivity contribution in [2.24, 2.45) is 0 Å². The van der Waals surface area contributed by atoms with Crippen LogP contribution in [-0.4, -0.2) is 48.6 Å². The maximum Gasteiger partial charge on any atom is 0.323 e. The van der Waals surface area contributed by atoms with Crippen LogP contribution in [0.1, 0.15) is 6.92 Å². The Morgan fingerprint density at radius 1 is 1.58 bits per heavy atom. The van der Waals surface area contributed by atoms with Gasteiger partial charge in [0.05, 0.1) is 19.3 Å². The summed E-state index contributed by atoms with van der Waals surface area (Å²) < 4.78 is 4.92. The molecule has 3 N–H and O–H groups in total. The Hall–Kier alpha value is -0.650. The van der Waals surface area contributed by atoms with E-state index in [1.807, 2.05) is 0 Å². The highest BCUT2D eigenvalue weighted by Crippen LogP contribution is 1.88. The van der Waals surface area contributed by atoms with E-state index in [0.717, 1.165) is 0 Å². The van der Waals surface area contributed by atoms with Gasteiger partial charge in [-0.1, -0.05) is 0 Å². The molecule has 5 nitrogen and oxygen atoms in total. The van der Waals surface area contributed by atoms with Crippen molar-refractivity contribution in [3.8, 4) is 0 Å². The first-order chi connectivity index (χ1) is 5.57. The van der Waals surface area contributed by atoms with Gasteiger partial charge in [-0.3, -0.25) is 4.79 Å². The van der Waals surface area contributed by atoms with Gasteiger partial charge in [0.2, 0.25) is 0 Å². The molecule has 0 aromatic heterocycles. The number of aliphatic hydroxyl groups excluding tert-OH is 1. The topological polar surface area (TPSA) is 78.8 Å². The van der Waals surface area contributed by atoms with Crippen molar-refractivity contribution in [1.29, 1.82) is 0 Å². The first-order valence-corrected chi connectivity index (χ1v) is 3.73. The minimum Gasteiger partial charge on any atom is -0.480 e. The molecule has 0 amide bonds. The predicted octanol–water partition coefficient (Wildman–Crippen LogP) is -0.944. The summed E-state index contributed by atoms with van der Waals surface area (Å²) in [5, 5.41) is 19.9. The van der Waals surface area contributed by atoms with Crippen molar-refractivity contribution < 1.29 is 19.7 Å². The van der Waals surface area contributed by atoms with Crippen LogP contribution in [0.5, 0.6) is 0 Å². The number of hydrogen-bond acceptors (Lipinski definition) is 4. The number of carboxylic acid groups (broad SMARTS) is 1. The summed E-state index contributed by atoms with van der Waals surface area (Å²) in [6.07, 6.45) is -0.559. The smallest absolute Gasteiger partial charge is 0.323 e. The summed E-state index contributed by atoms with van der Waals surface area (Å²) in [6, 6.07) is -0.705. The van der Waals surface area contributed by atoms with Crippen LogP contribution in [0, 0.1) is 0 Å². The standard InChI is InChI=1S/C7H15NO4/c1-5(9)3-12-4-6(8-2)7(10)11/h5-6,8-9H,3-4H2,1-2H3,(H,10,11)/t5-,6-/m0/s1. The van der Waals surface area contributed by atoms with Gasteiger partial charge in [0.25, 0.3) is 0 Å². The first-order valence-electron chi connectivity index (χ1n) is 3.73. The number of carbonyl (C=O) groups is 1. The number of nitrogens with one attached hydrogen (secondary N) is 1. The number of aliphatic hydroxyl groups is 1. The fourth-order valence-electron chi connectivity index (χ4n) is 0.635. The molecule has 0 saturated carbocycles. The second-order valence-electron chi connectivity index (χ2n) is 2.57. The zero-order valence-electron chi connectivity index (χ0n) is 7.28. The summed E-state index contributed by atoms with van der Waals surface area (Å²) >= 11 is 0. The van der Waals surface area contributed by atoms with E-state index in [1.165, 1.54) is 0 Å². The van der Waals surface area contributed by atoms with Gasteiger partial charge in [-0.25, -0.2) is 0 Å². The van der Waals surface area contributed by atoms with Crippen molar-refractivity contribution in [3.05, 3.63) is 0 Å². The Kier molecular flexibility index (Phi) is 5.61. The third kappa shape index (κ3) is 5.06. The molecule has 0 aliphatic rings. The van der Waals surface area contributed by atoms with Crippen molar-refractivity contribution in [2.45, 2.75) is 19.1 Å². The molecule has 0 rings (SSSR count). The Morgan fingerprint density at radius 2 is 2.17 bits per heavy atom. The van der Waals surface area contributed by atoms with Crippen LogP contribution in [0.4, 0.5) is 0 Å². The summed E-state index contributed by atoms with van der Waals surface area (Å²) in [5.74, 6) is -0.955. The Balaban J connectivity index is 3.52. The minimum absolute atomic E-state index is 0.0662. The van der Waals surface area contributed by atoms with Gasteiger partial charge in [0.1, 0.15) is 6.04 Å². The summed E-state index contributed by atoms with van der Waals surface area (Å²) in [7, 11) is 1.55. The molecule has 0 radical (unpaired) electrons. The van der Waals surface area contributed by atoms with E-state index in [9.17, 15) is 4.79 Å². The lowest BCUT2D eigenvalue weighted by Gasteiger charge is -2.12. The fraction of sp³-hybridized carbons (Fsp3) is 0.857. The van der Waals surface area contributed by atoms with E-state index in [-0.39, 0.29) is 13.2 Å². The highest BCUT2D eigenvalue weighted by atomic mass is 16.5. The molecule has 0 heterocycles. The molecule has 0 aromatic rings. The Labute approximate surface area is 71.3 Å². The lowest BCUT2D eigenvalue weighted by Crippen LogP contribution is -2.38. The highest BCUT2D eigenvalue weighted by Gasteiger charge is 2.14. The van der Waals surface area contributed by atoms with Gasteiger partial charge in [-0.2, -0.15) is 0 Å². The monoisotopic (exact) mass is 177 g/mol. The average molecular weight is 177 g/mol. The van der Waals surface area contributed by atoms with Crippen LogP contribution in [0.2, 0.25) is 0 Å². The lowest BCUT2D eigenvalue weighted by molar-refractivity contribution is -0.141. The molecule has 0 aromatic carbocycles. The third-order valence-corrected chi connectivity index (χ3v) is 1.29. The predicted molar refractivity (Wildman–Crippen MR) is 43.0 cm³/mol. The number of rotatable bonds is 6. The van der Waals surface area contributed by atoms with Crippen LogP contribution in [-0.2, 0) is 9.53 Å². The molecule has 72 valence electrons. The van der Waals surface area contributed by atoms with Gasteiger partial charge in [-0.15, -0.1) is 0 Å². The van der Waals surface area contributed by atoms with E-state index in [1.54, 1.807) is 14.0 Å². The van der Waals surface area contributed by atoms with Crippen molar-refractivity contribution >= 4 is 5.97 Å². The molecule has 0 fully saturated rings. The van der Waals surface area contributed by atoms with Gasteiger partial charge in [0, 0.05) is 0 Å². The quantitative estimate of drug-likeness (QED) is 0.488. The molecule has 0 unspecified atom stereocenters. The SMILES string of the molecule is CN[C@@H](COC[C@H](C)O)C(=O)O. The van der Waals surface area contributed by atoms with Crippen LogP contribution < -0.4 is 5.32 Å². The normalized spacial score (nSPS) is 15.6. The van der Waals surface area contributed by atoms with E-state index >= 15 is 0 Å². The molecule has 5 heteroatoms. The molecule has 2 atom stereocenters. The zero-order chi connectivity index (χ0) is 9.56. The fourth-order valence-corrected chi connectivity index (χ4v) is 0.635. The average Bonchev–Trinajstić information content (AvgIpc) is 1.96. The molecule has 0 spiro atoms. The van der Waals surface area contributed by atoms with E-state index < -0.39 is 18.1 Å². The van der Waals surface area contributed by atoms with Gasteiger partial charge < -0.3 is 20.3 Å². The second kappa shape index (κ2) is 5.93. The molecule has 0 aliphatic carbocycles. The van der Waals surface area contributed by atoms with E-state index in [0.29, 0.717) is 0 Å². The van der Waals surface area contributed by atoms with Crippen molar-refractivity contribution in [2.75, 3.05) is 20.3 Å². The first kappa shape index (κ1) is 11.4. The van der Waals surface area contributed by atoms with Crippen molar-refractivity contribution in [1.82, 2.24) is 5.32 Å². The van der Waals surface area contributed by atoms with E-state index in [2.05, 4.69) is 5.32 Å². The van der Waals surface area contributed by atoms with Crippen LogP contribution in [0.15, 0.2) is 0 Å². The van der Waals surface area contributed by atoms with Gasteiger partial charge >= 0.3 is 5.97 Å². The second-order valence-corrected chi connectivity index (χ2v) is 2.57. The number of hydrogen-bond donors (Lipinski definition) is 3. The molecule has 0 aliphatic heterocycles. The van der Waals surface area contributed by atoms with Crippen LogP contribution in [0.25, 0.3) is 0 Å². The molecule has 0 bridgehead atoms. The lowest BCUT2D eigenvalue weighted by atomic mass is 10.3. The maximum atomic E-state index is 10.4. The Bertz CT molecular complexity index is 137. The number of carboxylic acids is 1. The maximum absolute atomic E-state index is 10.4. The van der Waals surface area contributed by atoms with Gasteiger partial charge in [0.15, 0.2) is 0 Å². The summed E-state index contributed by atoms with van der Waals surface area (Å²) in [5.41, 5.74) is 0. The van der Waals surface area contributed by atoms with Crippen molar-refractivity contribution in [3.63, 3.8) is 0 Å². The third-order valence-electron chi connectivity index (χ3n) is 1.29.